The van der Waals surface area contributed by atoms with Crippen LogP contribution in [0.1, 0.15) is 17.3 Å². The van der Waals surface area contributed by atoms with Crippen LogP contribution in [-0.4, -0.2) is 46.7 Å². The second kappa shape index (κ2) is 9.38. The molecule has 1 atom stereocenters. The molecule has 3 aromatic rings. The van der Waals surface area contributed by atoms with E-state index in [2.05, 4.69) is 10.2 Å². The number of aliphatic hydroxyl groups excluding tert-OH is 1. The van der Waals surface area contributed by atoms with Gasteiger partial charge in [0.25, 0.3) is 5.22 Å². The average molecular weight is 400 g/mol. The molecule has 2 aromatic carbocycles. The number of ketones is 1. The molecule has 0 saturated carbocycles. The Morgan fingerprint density at radius 3 is 2.68 bits per heavy atom. The second-order valence-electron chi connectivity index (χ2n) is 5.96. The molecule has 1 N–H and O–H groups in total. The highest BCUT2D eigenvalue weighted by Crippen LogP contribution is 2.25. The topological polar surface area (TPSA) is 94.7 Å². The van der Waals surface area contributed by atoms with Gasteiger partial charge in [-0.05, 0) is 43.3 Å². The van der Waals surface area contributed by atoms with E-state index in [1.54, 1.807) is 31.4 Å². The van der Waals surface area contributed by atoms with Gasteiger partial charge in [-0.15, -0.1) is 10.2 Å². The molecule has 28 heavy (non-hydrogen) atoms. The normalized spacial score (nSPS) is 11.8. The number of methoxy groups -OCH3 is 1. The molecule has 146 valence electrons. The lowest BCUT2D eigenvalue weighted by molar-refractivity contribution is 0.101. The van der Waals surface area contributed by atoms with Crippen molar-refractivity contribution in [1.29, 1.82) is 0 Å². The molecule has 0 saturated heterocycles. The Kier molecular flexibility index (Phi) is 6.67. The van der Waals surface area contributed by atoms with Gasteiger partial charge in [0.1, 0.15) is 18.1 Å². The Balaban J connectivity index is 1.49. The maximum absolute atomic E-state index is 11.4. The van der Waals surface area contributed by atoms with E-state index in [0.717, 1.165) is 11.3 Å². The summed E-state index contributed by atoms with van der Waals surface area (Å²) in [5, 5.41) is 18.5. The lowest BCUT2D eigenvalue weighted by atomic mass is 10.1. The number of aromatic nitrogens is 2. The van der Waals surface area contributed by atoms with Crippen molar-refractivity contribution < 1.29 is 23.8 Å². The van der Waals surface area contributed by atoms with Crippen LogP contribution in [0.15, 0.2) is 58.2 Å². The van der Waals surface area contributed by atoms with E-state index in [0.29, 0.717) is 28.2 Å². The summed E-state index contributed by atoms with van der Waals surface area (Å²) in [6.07, 6.45) is -0.734. The fourth-order valence-electron chi connectivity index (χ4n) is 2.33. The van der Waals surface area contributed by atoms with Crippen LogP contribution in [0, 0.1) is 0 Å². The molecule has 8 heteroatoms. The van der Waals surface area contributed by atoms with Crippen molar-refractivity contribution in [3.8, 4) is 23.0 Å². The first-order valence-corrected chi connectivity index (χ1v) is 9.56. The van der Waals surface area contributed by atoms with Crippen molar-refractivity contribution in [3.63, 3.8) is 0 Å². The third-order valence-electron chi connectivity index (χ3n) is 3.83. The number of thioether (sulfide) groups is 1. The zero-order valence-corrected chi connectivity index (χ0v) is 16.3. The number of nitrogens with zero attached hydrogens (tertiary/aromatic N) is 2. The van der Waals surface area contributed by atoms with E-state index in [1.807, 2.05) is 24.3 Å². The number of hydrogen-bond donors (Lipinski definition) is 1. The standard InChI is InChI=1S/C20H20N2O5S/c1-13(23)15-4-3-5-18(10-15)26-11-16(24)12-28-20-22-21-19(27-20)14-6-8-17(25-2)9-7-14/h3-10,16,24H,11-12H2,1-2H3/t16-/m0/s1. The number of ether oxygens (including phenoxy) is 2. The smallest absolute Gasteiger partial charge is 0.276 e. The first-order valence-electron chi connectivity index (χ1n) is 8.57. The fraction of sp³-hybridized carbons (Fsp3) is 0.250. The molecule has 0 amide bonds. The zero-order chi connectivity index (χ0) is 19.9. The molecule has 0 unspecified atom stereocenters. The predicted molar refractivity (Wildman–Crippen MR) is 105 cm³/mol. The largest absolute Gasteiger partial charge is 0.497 e. The maximum Gasteiger partial charge on any atom is 0.276 e. The van der Waals surface area contributed by atoms with Crippen LogP contribution in [-0.2, 0) is 0 Å². The summed E-state index contributed by atoms with van der Waals surface area (Å²) < 4.78 is 16.3. The molecule has 0 aliphatic carbocycles. The van der Waals surface area contributed by atoms with E-state index < -0.39 is 6.10 Å². The summed E-state index contributed by atoms with van der Waals surface area (Å²) in [7, 11) is 1.60. The quantitative estimate of drug-likeness (QED) is 0.431. The van der Waals surface area contributed by atoms with E-state index >= 15 is 0 Å². The molecular weight excluding hydrogens is 380 g/mol. The van der Waals surface area contributed by atoms with Crippen molar-refractivity contribution in [1.82, 2.24) is 10.2 Å². The van der Waals surface area contributed by atoms with Crippen molar-refractivity contribution >= 4 is 17.5 Å². The van der Waals surface area contributed by atoms with Gasteiger partial charge in [0.2, 0.25) is 5.89 Å². The molecule has 0 fully saturated rings. The molecular formula is C20H20N2O5S. The number of carbonyl (C=O) groups excluding carboxylic acids is 1. The Bertz CT molecular complexity index is 926. The zero-order valence-electron chi connectivity index (χ0n) is 15.5. The number of Topliss-reactive ketones (excluding diaryl/α,β-unsaturated/α-hetero) is 1. The van der Waals surface area contributed by atoms with Crippen LogP contribution in [0.4, 0.5) is 0 Å². The minimum atomic E-state index is -0.734. The number of benzene rings is 2. The van der Waals surface area contributed by atoms with Gasteiger partial charge >= 0.3 is 0 Å². The molecule has 0 aliphatic rings. The van der Waals surface area contributed by atoms with Gasteiger partial charge in [0.05, 0.1) is 13.2 Å². The molecule has 3 rings (SSSR count). The van der Waals surface area contributed by atoms with Crippen LogP contribution in [0.5, 0.6) is 11.5 Å². The molecule has 1 aromatic heterocycles. The minimum Gasteiger partial charge on any atom is -0.497 e. The number of aliphatic hydroxyl groups is 1. The van der Waals surface area contributed by atoms with Gasteiger partial charge in [-0.1, -0.05) is 23.9 Å². The van der Waals surface area contributed by atoms with Crippen LogP contribution in [0.3, 0.4) is 0 Å². The van der Waals surface area contributed by atoms with Crippen molar-refractivity contribution in [2.45, 2.75) is 18.3 Å². The monoisotopic (exact) mass is 400 g/mol. The first kappa shape index (κ1) is 19.9. The van der Waals surface area contributed by atoms with Crippen LogP contribution < -0.4 is 9.47 Å². The van der Waals surface area contributed by atoms with E-state index in [-0.39, 0.29) is 12.4 Å². The predicted octanol–water partition coefficient (Wildman–Crippen LogP) is 3.48. The number of carbonyl (C=O) groups is 1. The molecule has 0 bridgehead atoms. The van der Waals surface area contributed by atoms with Gasteiger partial charge in [-0.2, -0.15) is 0 Å². The Labute approximate surface area is 166 Å². The first-order chi connectivity index (χ1) is 13.5. The van der Waals surface area contributed by atoms with Gasteiger partial charge in [-0.3, -0.25) is 4.79 Å². The maximum atomic E-state index is 11.4. The lowest BCUT2D eigenvalue weighted by Crippen LogP contribution is -2.20. The van der Waals surface area contributed by atoms with E-state index in [4.69, 9.17) is 13.9 Å². The summed E-state index contributed by atoms with van der Waals surface area (Å²) >= 11 is 1.25. The minimum absolute atomic E-state index is 0.0365. The Hall–Kier alpha value is -2.84. The fourth-order valence-corrected chi connectivity index (χ4v) is 3.00. The lowest BCUT2D eigenvalue weighted by Gasteiger charge is -2.11. The molecule has 1 heterocycles. The Morgan fingerprint density at radius 2 is 1.96 bits per heavy atom. The van der Waals surface area contributed by atoms with Crippen molar-refractivity contribution in [2.75, 3.05) is 19.5 Å². The highest BCUT2D eigenvalue weighted by Gasteiger charge is 2.13. The summed E-state index contributed by atoms with van der Waals surface area (Å²) in [6.45, 7) is 1.59. The molecule has 0 radical (unpaired) electrons. The summed E-state index contributed by atoms with van der Waals surface area (Å²) in [6, 6.07) is 14.1. The third kappa shape index (κ3) is 5.34. The summed E-state index contributed by atoms with van der Waals surface area (Å²) in [5.41, 5.74) is 1.35. The van der Waals surface area contributed by atoms with Gasteiger partial charge in [-0.25, -0.2) is 0 Å². The van der Waals surface area contributed by atoms with Crippen LogP contribution in [0.25, 0.3) is 11.5 Å². The number of hydrogen-bond acceptors (Lipinski definition) is 8. The molecule has 0 spiro atoms. The summed E-state index contributed by atoms with van der Waals surface area (Å²) in [4.78, 5) is 11.4. The van der Waals surface area contributed by atoms with Gasteiger partial charge < -0.3 is 19.0 Å². The van der Waals surface area contributed by atoms with Crippen molar-refractivity contribution in [3.05, 3.63) is 54.1 Å². The number of rotatable bonds is 9. The molecule has 7 nitrogen and oxygen atoms in total. The summed E-state index contributed by atoms with van der Waals surface area (Å²) in [5.74, 6) is 1.98. The third-order valence-corrected chi connectivity index (χ3v) is 4.79. The Morgan fingerprint density at radius 1 is 1.18 bits per heavy atom. The average Bonchev–Trinajstić information content (AvgIpc) is 3.20. The second-order valence-corrected chi connectivity index (χ2v) is 6.93. The van der Waals surface area contributed by atoms with Gasteiger partial charge in [0, 0.05) is 16.9 Å². The van der Waals surface area contributed by atoms with E-state index in [1.165, 1.54) is 18.7 Å². The van der Waals surface area contributed by atoms with Gasteiger partial charge in [0.15, 0.2) is 5.78 Å². The van der Waals surface area contributed by atoms with Crippen LogP contribution >= 0.6 is 11.8 Å². The highest BCUT2D eigenvalue weighted by atomic mass is 32.2. The molecule has 0 aliphatic heterocycles. The highest BCUT2D eigenvalue weighted by molar-refractivity contribution is 7.99. The van der Waals surface area contributed by atoms with Crippen LogP contribution in [0.2, 0.25) is 0 Å². The SMILES string of the molecule is COc1ccc(-c2nnc(SC[C@@H](O)COc3cccc(C(C)=O)c3)o2)cc1. The van der Waals surface area contributed by atoms with Crippen molar-refractivity contribution in [2.24, 2.45) is 0 Å². The van der Waals surface area contributed by atoms with E-state index in [9.17, 15) is 9.90 Å².